The van der Waals surface area contributed by atoms with Crippen molar-refractivity contribution in [3.05, 3.63) is 26.9 Å². The Morgan fingerprint density at radius 3 is 2.65 bits per heavy atom. The predicted octanol–water partition coefficient (Wildman–Crippen LogP) is 3.79. The number of halogens is 3. The van der Waals surface area contributed by atoms with E-state index in [-0.39, 0.29) is 0 Å². The van der Waals surface area contributed by atoms with Gasteiger partial charge in [-0.25, -0.2) is 13.8 Å². The van der Waals surface area contributed by atoms with E-state index in [0.717, 1.165) is 22.4 Å². The van der Waals surface area contributed by atoms with E-state index in [1.165, 1.54) is 11.3 Å². The summed E-state index contributed by atoms with van der Waals surface area (Å²) in [6.07, 6.45) is -1.89. The van der Waals surface area contributed by atoms with Crippen molar-refractivity contribution in [2.75, 3.05) is 13.1 Å². The molecule has 1 aliphatic heterocycles. The Morgan fingerprint density at radius 1 is 1.45 bits per heavy atom. The van der Waals surface area contributed by atoms with Crippen LogP contribution < -0.4 is 5.32 Å². The molecule has 0 spiro atoms. The fourth-order valence-electron chi connectivity index (χ4n) is 1.98. The van der Waals surface area contributed by atoms with Crippen LogP contribution >= 0.6 is 27.3 Å². The van der Waals surface area contributed by atoms with Crippen LogP contribution in [0, 0.1) is 0 Å². The first-order chi connectivity index (χ1) is 9.55. The molecule has 20 heavy (non-hydrogen) atoms. The number of rotatable bonds is 4. The second-order valence-electron chi connectivity index (χ2n) is 4.27. The van der Waals surface area contributed by atoms with Gasteiger partial charge in [-0.3, -0.25) is 0 Å². The molecule has 3 nitrogen and oxygen atoms in total. The van der Waals surface area contributed by atoms with Crippen LogP contribution in [0.15, 0.2) is 27.0 Å². The minimum Gasteiger partial charge on any atom is -0.358 e. The van der Waals surface area contributed by atoms with E-state index in [2.05, 4.69) is 26.2 Å². The Bertz CT molecular complexity index is 523. The maximum atomic E-state index is 13.0. The molecule has 1 atom stereocenters. The highest BCUT2D eigenvalue weighted by molar-refractivity contribution is 9.10. The monoisotopic (exact) mass is 363 g/mol. The third-order valence-electron chi connectivity index (χ3n) is 3.01. The molecule has 7 heteroatoms. The summed E-state index contributed by atoms with van der Waals surface area (Å²) in [4.78, 5) is 6.99. The molecule has 1 unspecified atom stereocenters. The molecule has 0 amide bonds. The summed E-state index contributed by atoms with van der Waals surface area (Å²) in [5, 5.41) is 4.73. The topological polar surface area (TPSA) is 27.6 Å². The van der Waals surface area contributed by atoms with E-state index in [4.69, 9.17) is 0 Å². The first kappa shape index (κ1) is 15.4. The second-order valence-corrected chi connectivity index (χ2v) is 6.10. The number of thiophene rings is 1. The third kappa shape index (κ3) is 3.38. The lowest BCUT2D eigenvalue weighted by molar-refractivity contribution is 0.108. The van der Waals surface area contributed by atoms with Crippen LogP contribution in [0.4, 0.5) is 8.78 Å². The van der Waals surface area contributed by atoms with Gasteiger partial charge in [-0.15, -0.1) is 11.3 Å². The van der Waals surface area contributed by atoms with Crippen LogP contribution in [0.25, 0.3) is 5.70 Å². The molecule has 0 saturated heterocycles. The SMILES string of the molecule is CCN(CC)C1=NC(C(F)F)NC(c2cc(Br)cs2)=C1. The minimum absolute atomic E-state index is 0.610. The van der Waals surface area contributed by atoms with Crippen molar-refractivity contribution in [2.45, 2.75) is 26.4 Å². The van der Waals surface area contributed by atoms with E-state index in [0.29, 0.717) is 11.5 Å². The number of aliphatic imine (C=N–C) groups is 1. The highest BCUT2D eigenvalue weighted by Gasteiger charge is 2.26. The molecule has 0 bridgehead atoms. The maximum absolute atomic E-state index is 13.0. The highest BCUT2D eigenvalue weighted by atomic mass is 79.9. The molecule has 0 aliphatic carbocycles. The molecule has 1 aliphatic rings. The zero-order valence-corrected chi connectivity index (χ0v) is 13.6. The first-order valence-electron chi connectivity index (χ1n) is 6.38. The van der Waals surface area contributed by atoms with Gasteiger partial charge in [-0.2, -0.15) is 0 Å². The van der Waals surface area contributed by atoms with Gasteiger partial charge in [0.2, 0.25) is 0 Å². The fourth-order valence-corrected chi connectivity index (χ4v) is 3.39. The quantitative estimate of drug-likeness (QED) is 0.881. The van der Waals surface area contributed by atoms with Gasteiger partial charge in [0, 0.05) is 29.0 Å². The number of nitrogens with one attached hydrogen (secondary N) is 1. The summed E-state index contributed by atoms with van der Waals surface area (Å²) in [5.41, 5.74) is 0.697. The molecule has 0 aromatic carbocycles. The molecule has 0 radical (unpaired) electrons. The lowest BCUT2D eigenvalue weighted by Gasteiger charge is -2.28. The number of hydrogen-bond acceptors (Lipinski definition) is 4. The summed E-state index contributed by atoms with van der Waals surface area (Å²) in [6, 6.07) is 1.91. The average molecular weight is 364 g/mol. The molecule has 0 fully saturated rings. The van der Waals surface area contributed by atoms with Gasteiger partial charge in [0.05, 0.1) is 10.6 Å². The van der Waals surface area contributed by atoms with Crippen molar-refractivity contribution in [3.63, 3.8) is 0 Å². The number of hydrogen-bond donors (Lipinski definition) is 1. The Hall–Kier alpha value is -0.950. The van der Waals surface area contributed by atoms with Gasteiger partial charge >= 0.3 is 0 Å². The molecule has 0 saturated carbocycles. The number of alkyl halides is 2. The van der Waals surface area contributed by atoms with Crippen LogP contribution in [0.5, 0.6) is 0 Å². The van der Waals surface area contributed by atoms with Crippen LogP contribution in [0.2, 0.25) is 0 Å². The van der Waals surface area contributed by atoms with Gasteiger partial charge in [0.1, 0.15) is 5.84 Å². The summed E-state index contributed by atoms with van der Waals surface area (Å²) in [7, 11) is 0. The van der Waals surface area contributed by atoms with Crippen molar-refractivity contribution < 1.29 is 8.78 Å². The molecule has 1 aromatic rings. The van der Waals surface area contributed by atoms with Crippen molar-refractivity contribution in [2.24, 2.45) is 4.99 Å². The molecule has 2 heterocycles. The summed E-state index contributed by atoms with van der Waals surface area (Å²) in [5.74, 6) is 0.610. The van der Waals surface area contributed by atoms with Crippen LogP contribution in [-0.4, -0.2) is 36.4 Å². The largest absolute Gasteiger partial charge is 0.358 e. The van der Waals surface area contributed by atoms with Crippen molar-refractivity contribution in [3.8, 4) is 0 Å². The van der Waals surface area contributed by atoms with Crippen molar-refractivity contribution in [1.29, 1.82) is 0 Å². The van der Waals surface area contributed by atoms with Gasteiger partial charge in [0.15, 0.2) is 6.17 Å². The standard InChI is InChI=1S/C13H16BrF2N3S/c1-3-19(4-2)11-6-9(10-5-8(14)7-20-10)17-13(18-11)12(15)16/h5-7,12-13,17H,3-4H2,1-2H3. The molecular weight excluding hydrogens is 348 g/mol. The lowest BCUT2D eigenvalue weighted by Crippen LogP contribution is -2.41. The van der Waals surface area contributed by atoms with E-state index >= 15 is 0 Å². The van der Waals surface area contributed by atoms with Crippen molar-refractivity contribution >= 4 is 38.8 Å². The van der Waals surface area contributed by atoms with Gasteiger partial charge in [-0.1, -0.05) is 0 Å². The zero-order chi connectivity index (χ0) is 14.7. The Kier molecular flexibility index (Phi) is 5.15. The number of amidine groups is 1. The lowest BCUT2D eigenvalue weighted by atomic mass is 10.2. The Morgan fingerprint density at radius 2 is 2.15 bits per heavy atom. The number of likely N-dealkylation sites (N-methyl/N-ethyl adjacent to an activating group) is 1. The smallest absolute Gasteiger partial charge is 0.278 e. The van der Waals surface area contributed by atoms with E-state index < -0.39 is 12.6 Å². The minimum atomic E-state index is -2.53. The van der Waals surface area contributed by atoms with E-state index in [9.17, 15) is 8.78 Å². The number of nitrogens with zero attached hydrogens (tertiary/aromatic N) is 2. The molecular formula is C13H16BrF2N3S. The molecule has 1 N–H and O–H groups in total. The van der Waals surface area contributed by atoms with Gasteiger partial charge in [0.25, 0.3) is 6.43 Å². The van der Waals surface area contributed by atoms with Crippen LogP contribution in [-0.2, 0) is 0 Å². The van der Waals surface area contributed by atoms with E-state index in [1.54, 1.807) is 0 Å². The third-order valence-corrected chi connectivity index (χ3v) is 4.73. The van der Waals surface area contributed by atoms with Crippen LogP contribution in [0.1, 0.15) is 18.7 Å². The first-order valence-corrected chi connectivity index (χ1v) is 8.06. The van der Waals surface area contributed by atoms with Crippen molar-refractivity contribution in [1.82, 2.24) is 10.2 Å². The maximum Gasteiger partial charge on any atom is 0.278 e. The molecule has 110 valence electrons. The zero-order valence-electron chi connectivity index (χ0n) is 11.2. The van der Waals surface area contributed by atoms with Gasteiger partial charge < -0.3 is 10.2 Å². The highest BCUT2D eigenvalue weighted by Crippen LogP contribution is 2.27. The average Bonchev–Trinajstić information content (AvgIpc) is 2.86. The van der Waals surface area contributed by atoms with E-state index in [1.807, 2.05) is 36.3 Å². The fraction of sp³-hybridized carbons (Fsp3) is 0.462. The molecule has 2 rings (SSSR count). The van der Waals surface area contributed by atoms with Crippen LogP contribution in [0.3, 0.4) is 0 Å². The second kappa shape index (κ2) is 6.67. The van der Waals surface area contributed by atoms with Gasteiger partial charge in [-0.05, 0) is 35.8 Å². The summed E-state index contributed by atoms with van der Waals surface area (Å²) >= 11 is 4.88. The summed E-state index contributed by atoms with van der Waals surface area (Å²) in [6.45, 7) is 5.45. The summed E-state index contributed by atoms with van der Waals surface area (Å²) < 4.78 is 27.0. The normalized spacial score (nSPS) is 18.6. The predicted molar refractivity (Wildman–Crippen MR) is 83.3 cm³/mol. The Labute approximate surface area is 129 Å². The molecule has 1 aromatic heterocycles. The Balaban J connectivity index is 2.34.